The Morgan fingerprint density at radius 2 is 1.85 bits per heavy atom. The van der Waals surface area contributed by atoms with Gasteiger partial charge in [-0.3, -0.25) is 14.4 Å². The Morgan fingerprint density at radius 3 is 2.55 bits per heavy atom. The Morgan fingerprint density at radius 1 is 1.09 bits per heavy atom. The summed E-state index contributed by atoms with van der Waals surface area (Å²) in [6.45, 7) is 8.49. The highest BCUT2D eigenvalue weighted by Gasteiger charge is 2.79. The maximum Gasteiger partial charge on any atom is 0.284 e. The first-order valence-corrected chi connectivity index (χ1v) is 18.1. The average molecular weight is 701 g/mol. The van der Waals surface area contributed by atoms with Crippen molar-refractivity contribution in [1.82, 2.24) is 35.6 Å². The van der Waals surface area contributed by atoms with Crippen molar-refractivity contribution < 1.29 is 14.4 Å². The molecule has 11 nitrogen and oxygen atoms in total. The third kappa shape index (κ3) is 6.22. The molecule has 14 heteroatoms. The first-order valence-electron chi connectivity index (χ1n) is 16.5. The zero-order valence-electron chi connectivity index (χ0n) is 27.9. The Labute approximate surface area is 291 Å². The number of hydrogen-bond donors (Lipinski definition) is 3. The zero-order valence-corrected chi connectivity index (χ0v) is 30.3. The largest absolute Gasteiger partial charge is 0.367 e. The molecule has 0 spiro atoms. The van der Waals surface area contributed by atoms with Gasteiger partial charge >= 0.3 is 0 Å². The molecular weight excluding hydrogens is 656 g/mol. The van der Waals surface area contributed by atoms with Crippen LogP contribution in [0.4, 0.5) is 5.82 Å². The molecular formula is C33H45ClN8O3S2. The van der Waals surface area contributed by atoms with E-state index < -0.39 is 17.4 Å². The van der Waals surface area contributed by atoms with Gasteiger partial charge in [-0.2, -0.15) is 0 Å². The van der Waals surface area contributed by atoms with E-state index in [1.165, 1.54) is 17.4 Å². The number of nitrogens with one attached hydrogen (secondary N) is 3. The molecule has 47 heavy (non-hydrogen) atoms. The topological polar surface area (TPSA) is 132 Å². The first-order chi connectivity index (χ1) is 22.2. The standard InChI is InChI=1S/C33H45ClN8O3S2/c1-17-7-10-23-32(2,3)33(23,26(17)41(4)5)27(43)18-8-9-19(36-30(46)28(44)38-25-12-11-24(34)39-40-25)21(15-18)35-29(45)31-37-20-13-14-42(6)16-22(20)47-31/h11-12,17-19,21,23,26H,7-10,13-16H2,1-6H3,(H,35,45)(H,36,46)(H,38,40,44)/t17?,18-,19-,21+,23?,26?,33?/m0/s1. The number of thiazole rings is 1. The van der Waals surface area contributed by atoms with E-state index in [9.17, 15) is 14.4 Å². The number of halogens is 1. The summed E-state index contributed by atoms with van der Waals surface area (Å²) in [6.07, 6.45) is 4.67. The smallest absolute Gasteiger partial charge is 0.284 e. The number of aromatic nitrogens is 3. The van der Waals surface area contributed by atoms with Crippen LogP contribution in [-0.4, -0.2) is 93.4 Å². The number of ketones is 1. The molecule has 0 saturated heterocycles. The lowest BCUT2D eigenvalue weighted by molar-refractivity contribution is -0.136. The van der Waals surface area contributed by atoms with Crippen molar-refractivity contribution in [3.8, 4) is 0 Å². The molecule has 3 saturated carbocycles. The van der Waals surface area contributed by atoms with Gasteiger partial charge in [0.1, 0.15) is 5.78 Å². The average Bonchev–Trinajstić information content (AvgIpc) is 3.28. The molecule has 2 aromatic heterocycles. The molecule has 3 heterocycles. The summed E-state index contributed by atoms with van der Waals surface area (Å²) in [6, 6.07) is 2.44. The molecule has 3 N–H and O–H groups in total. The lowest BCUT2D eigenvalue weighted by Gasteiger charge is -2.44. The van der Waals surface area contributed by atoms with Crippen LogP contribution in [0.2, 0.25) is 5.15 Å². The van der Waals surface area contributed by atoms with Crippen molar-refractivity contribution in [1.29, 1.82) is 0 Å². The predicted octanol–water partition coefficient (Wildman–Crippen LogP) is 3.97. The van der Waals surface area contributed by atoms with Crippen molar-refractivity contribution in [2.75, 3.05) is 33.0 Å². The van der Waals surface area contributed by atoms with Crippen molar-refractivity contribution in [3.05, 3.63) is 32.9 Å². The van der Waals surface area contributed by atoms with Crippen molar-refractivity contribution in [2.24, 2.45) is 28.6 Å². The molecule has 1 aliphatic heterocycles. The molecule has 2 aromatic rings. The highest BCUT2D eigenvalue weighted by atomic mass is 35.5. The Balaban J connectivity index is 1.23. The lowest BCUT2D eigenvalue weighted by atomic mass is 9.66. The van der Waals surface area contributed by atoms with Gasteiger partial charge in [-0.05, 0) is 82.6 Å². The molecule has 4 aliphatic rings. The fourth-order valence-corrected chi connectivity index (χ4v) is 10.6. The highest BCUT2D eigenvalue weighted by molar-refractivity contribution is 7.82. The van der Waals surface area contributed by atoms with Crippen LogP contribution < -0.4 is 16.0 Å². The van der Waals surface area contributed by atoms with Gasteiger partial charge in [-0.25, -0.2) is 4.98 Å². The molecule has 254 valence electrons. The van der Waals surface area contributed by atoms with Gasteiger partial charge in [0.15, 0.2) is 21.0 Å². The van der Waals surface area contributed by atoms with Gasteiger partial charge in [0.2, 0.25) is 0 Å². The van der Waals surface area contributed by atoms with Crippen LogP contribution in [0, 0.1) is 28.6 Å². The van der Waals surface area contributed by atoms with Crippen LogP contribution in [0.3, 0.4) is 0 Å². The number of anilines is 1. The van der Waals surface area contributed by atoms with Gasteiger partial charge in [0.25, 0.3) is 11.8 Å². The Hall–Kier alpha value is -2.58. The van der Waals surface area contributed by atoms with E-state index in [0.29, 0.717) is 41.9 Å². The summed E-state index contributed by atoms with van der Waals surface area (Å²) in [5.41, 5.74) is 0.479. The lowest BCUT2D eigenvalue weighted by Crippen LogP contribution is -2.58. The number of carbonyl (C=O) groups is 3. The normalized spacial score (nSPS) is 31.3. The Bertz CT molecular complexity index is 1570. The van der Waals surface area contributed by atoms with Gasteiger partial charge in [0.05, 0.1) is 17.2 Å². The maximum atomic E-state index is 14.8. The number of fused-ring (bicyclic) bond motifs is 2. The van der Waals surface area contributed by atoms with Crippen LogP contribution in [0.5, 0.6) is 0 Å². The summed E-state index contributed by atoms with van der Waals surface area (Å²) in [7, 11) is 6.27. The minimum atomic E-state index is -0.539. The van der Waals surface area contributed by atoms with Crippen molar-refractivity contribution in [3.63, 3.8) is 0 Å². The molecule has 7 atom stereocenters. The second kappa shape index (κ2) is 13.0. The third-order valence-electron chi connectivity index (χ3n) is 11.3. The molecule has 0 bridgehead atoms. The zero-order chi connectivity index (χ0) is 33.8. The minimum Gasteiger partial charge on any atom is -0.367 e. The summed E-state index contributed by atoms with van der Waals surface area (Å²) in [4.78, 5) is 51.9. The van der Waals surface area contributed by atoms with E-state index in [-0.39, 0.29) is 45.3 Å². The van der Waals surface area contributed by atoms with E-state index in [2.05, 4.69) is 77.9 Å². The van der Waals surface area contributed by atoms with Gasteiger partial charge in [0, 0.05) is 42.4 Å². The summed E-state index contributed by atoms with van der Waals surface area (Å²) < 4.78 is 0. The number of Topliss-reactive ketones (excluding diaryl/α,β-unsaturated/α-hetero) is 1. The first kappa shape index (κ1) is 34.3. The number of likely N-dealkylation sites (N-methyl/N-ethyl adjacent to an activating group) is 1. The maximum absolute atomic E-state index is 14.8. The summed E-state index contributed by atoms with van der Waals surface area (Å²) in [5.74, 6) is 0.287. The Kier molecular flexibility index (Phi) is 9.51. The molecule has 0 aromatic carbocycles. The number of thiocarbonyl (C=S) groups is 1. The number of carbonyl (C=O) groups excluding carboxylic acids is 3. The number of nitrogens with zero attached hydrogens (tertiary/aromatic N) is 5. The molecule has 6 rings (SSSR count). The number of amides is 2. The molecule has 3 fully saturated rings. The minimum absolute atomic E-state index is 0.0284. The van der Waals surface area contributed by atoms with Crippen LogP contribution >= 0.6 is 35.2 Å². The summed E-state index contributed by atoms with van der Waals surface area (Å²) >= 11 is 12.8. The summed E-state index contributed by atoms with van der Waals surface area (Å²) in [5, 5.41) is 17.4. The van der Waals surface area contributed by atoms with Gasteiger partial charge in [-0.1, -0.05) is 44.6 Å². The predicted molar refractivity (Wildman–Crippen MR) is 187 cm³/mol. The molecule has 2 amide bonds. The van der Waals surface area contributed by atoms with Crippen LogP contribution in [0.25, 0.3) is 0 Å². The van der Waals surface area contributed by atoms with Crippen LogP contribution in [0.15, 0.2) is 12.1 Å². The number of hydrogen-bond acceptors (Lipinski definition) is 10. The molecule has 3 aliphatic carbocycles. The van der Waals surface area contributed by atoms with Gasteiger partial charge < -0.3 is 25.8 Å². The molecule has 0 radical (unpaired) electrons. The third-order valence-corrected chi connectivity index (χ3v) is 12.9. The van der Waals surface area contributed by atoms with E-state index in [1.807, 2.05) is 0 Å². The van der Waals surface area contributed by atoms with Crippen molar-refractivity contribution >= 4 is 63.6 Å². The fourth-order valence-electron chi connectivity index (χ4n) is 9.19. The van der Waals surface area contributed by atoms with E-state index in [0.717, 1.165) is 42.9 Å². The highest BCUT2D eigenvalue weighted by Crippen LogP contribution is 2.77. The SMILES string of the molecule is CC1CCC2C(C)(C)C2(C(=O)[C@H]2CC[C@H](NC(=S)C(=O)Nc3ccc(Cl)nn3)[C@H](NC(=O)c3nc4c(s3)CN(C)CC4)C2)C1N(C)C. The van der Waals surface area contributed by atoms with Gasteiger partial charge in [-0.15, -0.1) is 21.5 Å². The fraction of sp³-hybridized carbons (Fsp3) is 0.667. The second-order valence-electron chi connectivity index (χ2n) is 14.7. The molecule has 4 unspecified atom stereocenters. The number of rotatable bonds is 7. The quantitative estimate of drug-likeness (QED) is 0.365. The second-order valence-corrected chi connectivity index (χ2v) is 16.6. The van der Waals surface area contributed by atoms with E-state index in [1.54, 1.807) is 6.07 Å². The van der Waals surface area contributed by atoms with Crippen molar-refractivity contribution in [2.45, 2.75) is 84.0 Å². The van der Waals surface area contributed by atoms with Crippen LogP contribution in [-0.2, 0) is 22.6 Å². The van der Waals surface area contributed by atoms with Crippen LogP contribution in [0.1, 0.15) is 73.2 Å². The van der Waals surface area contributed by atoms with E-state index >= 15 is 0 Å². The van der Waals surface area contributed by atoms with E-state index in [4.69, 9.17) is 28.8 Å². The monoisotopic (exact) mass is 700 g/mol.